The average molecular weight is 269 g/mol. The van der Waals surface area contributed by atoms with Crippen LogP contribution in [0.5, 0.6) is 5.75 Å². The number of ether oxygens (including phenoxy) is 1. The fourth-order valence-corrected chi connectivity index (χ4v) is 2.85. The number of Topliss-reactive ketones (excluding diaryl/α,β-unsaturated/α-hetero) is 1. The normalized spacial score (nSPS) is 15.7. The zero-order chi connectivity index (χ0) is 13.9. The maximum atomic E-state index is 12.1. The van der Waals surface area contributed by atoms with Crippen molar-refractivity contribution in [2.24, 2.45) is 5.92 Å². The maximum absolute atomic E-state index is 12.1. The molecular formula is C17H19NO2. The van der Waals surface area contributed by atoms with E-state index in [0.717, 1.165) is 29.4 Å². The molecule has 0 amide bonds. The number of carbonyl (C=O) groups is 1. The zero-order valence-electron chi connectivity index (χ0n) is 11.8. The summed E-state index contributed by atoms with van der Waals surface area (Å²) in [4.78, 5) is 16.6. The third kappa shape index (κ3) is 2.67. The number of benzene rings is 1. The molecular weight excluding hydrogens is 250 g/mol. The van der Waals surface area contributed by atoms with Gasteiger partial charge in [-0.1, -0.05) is 31.0 Å². The molecule has 1 saturated carbocycles. The van der Waals surface area contributed by atoms with E-state index in [1.54, 1.807) is 0 Å². The summed E-state index contributed by atoms with van der Waals surface area (Å²) < 4.78 is 5.74. The Hall–Kier alpha value is -1.90. The van der Waals surface area contributed by atoms with Crippen LogP contribution in [0.15, 0.2) is 30.3 Å². The van der Waals surface area contributed by atoms with Gasteiger partial charge in [0.05, 0.1) is 0 Å². The molecule has 104 valence electrons. The monoisotopic (exact) mass is 269 g/mol. The third-order valence-corrected chi connectivity index (χ3v) is 4.00. The molecule has 3 heteroatoms. The molecule has 1 aromatic carbocycles. The van der Waals surface area contributed by atoms with E-state index < -0.39 is 0 Å². The van der Waals surface area contributed by atoms with E-state index in [-0.39, 0.29) is 18.3 Å². The molecule has 2 aromatic rings. The molecule has 0 bridgehead atoms. The van der Waals surface area contributed by atoms with Crippen molar-refractivity contribution in [1.29, 1.82) is 0 Å². The quantitative estimate of drug-likeness (QED) is 0.850. The molecule has 0 N–H and O–H groups in total. The molecule has 0 atom stereocenters. The van der Waals surface area contributed by atoms with Gasteiger partial charge in [0, 0.05) is 17.0 Å². The molecule has 0 radical (unpaired) electrons. The van der Waals surface area contributed by atoms with E-state index in [2.05, 4.69) is 4.98 Å². The summed E-state index contributed by atoms with van der Waals surface area (Å²) in [7, 11) is 0. The lowest BCUT2D eigenvalue weighted by atomic mass is 10.0. The molecule has 3 nitrogen and oxygen atoms in total. The number of aryl methyl sites for hydroxylation is 1. The number of rotatable bonds is 4. The van der Waals surface area contributed by atoms with Crippen LogP contribution < -0.4 is 4.74 Å². The number of pyridine rings is 1. The first kappa shape index (κ1) is 13.1. The number of fused-ring (bicyclic) bond motifs is 1. The van der Waals surface area contributed by atoms with E-state index in [0.29, 0.717) is 5.75 Å². The van der Waals surface area contributed by atoms with E-state index in [1.165, 1.54) is 12.8 Å². The third-order valence-electron chi connectivity index (χ3n) is 4.00. The van der Waals surface area contributed by atoms with Crippen molar-refractivity contribution in [1.82, 2.24) is 4.98 Å². The van der Waals surface area contributed by atoms with Crippen LogP contribution in [0.1, 0.15) is 31.4 Å². The van der Waals surface area contributed by atoms with Crippen molar-refractivity contribution in [2.45, 2.75) is 32.6 Å². The lowest BCUT2D eigenvalue weighted by Gasteiger charge is -2.11. The summed E-state index contributed by atoms with van der Waals surface area (Å²) in [5, 5.41) is 1.04. The molecule has 1 aliphatic carbocycles. The highest BCUT2D eigenvalue weighted by molar-refractivity contribution is 5.86. The smallest absolute Gasteiger partial charge is 0.173 e. The van der Waals surface area contributed by atoms with Gasteiger partial charge in [0.1, 0.15) is 17.9 Å². The predicted molar refractivity (Wildman–Crippen MR) is 78.9 cm³/mol. The SMILES string of the molecule is Cc1ccc2cccc(OCC(=O)C3CCCC3)c2n1. The standard InChI is InChI=1S/C17H19NO2/c1-12-9-10-14-7-4-8-16(17(14)18-12)20-11-15(19)13-5-2-3-6-13/h4,7-10,13H,2-3,5-6,11H2,1H3. The minimum atomic E-state index is 0.166. The average Bonchev–Trinajstić information content (AvgIpc) is 2.99. The number of aromatic nitrogens is 1. The lowest BCUT2D eigenvalue weighted by molar-refractivity contribution is -0.124. The number of nitrogens with zero attached hydrogens (tertiary/aromatic N) is 1. The lowest BCUT2D eigenvalue weighted by Crippen LogP contribution is -2.19. The summed E-state index contributed by atoms with van der Waals surface area (Å²) in [6, 6.07) is 9.85. The summed E-state index contributed by atoms with van der Waals surface area (Å²) in [6.45, 7) is 2.12. The van der Waals surface area contributed by atoms with Gasteiger partial charge >= 0.3 is 0 Å². The molecule has 20 heavy (non-hydrogen) atoms. The minimum Gasteiger partial charge on any atom is -0.484 e. The number of carbonyl (C=O) groups excluding carboxylic acids is 1. The molecule has 1 aliphatic rings. The Morgan fingerprint density at radius 2 is 2.05 bits per heavy atom. The summed E-state index contributed by atoms with van der Waals surface area (Å²) >= 11 is 0. The van der Waals surface area contributed by atoms with Crippen LogP contribution in [-0.2, 0) is 4.79 Å². The second-order valence-corrected chi connectivity index (χ2v) is 5.52. The van der Waals surface area contributed by atoms with Gasteiger partial charge in [-0.3, -0.25) is 4.79 Å². The Morgan fingerprint density at radius 1 is 1.25 bits per heavy atom. The van der Waals surface area contributed by atoms with Gasteiger partial charge in [-0.05, 0) is 31.9 Å². The molecule has 1 fully saturated rings. The second kappa shape index (κ2) is 5.61. The van der Waals surface area contributed by atoms with Gasteiger partial charge in [0.15, 0.2) is 5.78 Å². The van der Waals surface area contributed by atoms with Crippen LogP contribution in [-0.4, -0.2) is 17.4 Å². The van der Waals surface area contributed by atoms with Crippen LogP contribution in [0.25, 0.3) is 10.9 Å². The first-order chi connectivity index (χ1) is 9.74. The molecule has 0 saturated heterocycles. The van der Waals surface area contributed by atoms with Crippen molar-refractivity contribution in [3.8, 4) is 5.75 Å². The maximum Gasteiger partial charge on any atom is 0.173 e. The highest BCUT2D eigenvalue weighted by atomic mass is 16.5. The van der Waals surface area contributed by atoms with Crippen molar-refractivity contribution >= 4 is 16.7 Å². The largest absolute Gasteiger partial charge is 0.484 e. The van der Waals surface area contributed by atoms with Crippen LogP contribution in [0.2, 0.25) is 0 Å². The Bertz CT molecular complexity index is 630. The molecule has 1 heterocycles. The summed E-state index contributed by atoms with van der Waals surface area (Å²) in [6.07, 6.45) is 4.39. The van der Waals surface area contributed by atoms with Gasteiger partial charge in [0.2, 0.25) is 0 Å². The summed E-state index contributed by atoms with van der Waals surface area (Å²) in [5.41, 5.74) is 1.79. The van der Waals surface area contributed by atoms with Gasteiger partial charge in [-0.2, -0.15) is 0 Å². The molecule has 0 unspecified atom stereocenters. The van der Waals surface area contributed by atoms with Gasteiger partial charge in [-0.15, -0.1) is 0 Å². The molecule has 3 rings (SSSR count). The van der Waals surface area contributed by atoms with E-state index in [1.807, 2.05) is 37.3 Å². The first-order valence-electron chi connectivity index (χ1n) is 7.26. The zero-order valence-corrected chi connectivity index (χ0v) is 11.8. The van der Waals surface area contributed by atoms with Gasteiger partial charge in [-0.25, -0.2) is 4.98 Å². The van der Waals surface area contributed by atoms with Crippen molar-refractivity contribution < 1.29 is 9.53 Å². The first-order valence-corrected chi connectivity index (χ1v) is 7.26. The van der Waals surface area contributed by atoms with Crippen LogP contribution in [0.4, 0.5) is 0 Å². The van der Waals surface area contributed by atoms with Crippen LogP contribution in [0.3, 0.4) is 0 Å². The van der Waals surface area contributed by atoms with Crippen molar-refractivity contribution in [3.63, 3.8) is 0 Å². The second-order valence-electron chi connectivity index (χ2n) is 5.52. The van der Waals surface area contributed by atoms with Gasteiger partial charge in [0.25, 0.3) is 0 Å². The minimum absolute atomic E-state index is 0.166. The Morgan fingerprint density at radius 3 is 2.85 bits per heavy atom. The van der Waals surface area contributed by atoms with E-state index >= 15 is 0 Å². The Kier molecular flexibility index (Phi) is 3.68. The number of para-hydroxylation sites is 1. The number of ketones is 1. The Balaban J connectivity index is 1.77. The number of hydrogen-bond acceptors (Lipinski definition) is 3. The van der Waals surface area contributed by atoms with Gasteiger partial charge < -0.3 is 4.74 Å². The fourth-order valence-electron chi connectivity index (χ4n) is 2.85. The highest BCUT2D eigenvalue weighted by Gasteiger charge is 2.23. The number of hydrogen-bond donors (Lipinski definition) is 0. The fraction of sp³-hybridized carbons (Fsp3) is 0.412. The highest BCUT2D eigenvalue weighted by Crippen LogP contribution is 2.27. The van der Waals surface area contributed by atoms with Crippen molar-refractivity contribution in [3.05, 3.63) is 36.0 Å². The van der Waals surface area contributed by atoms with E-state index in [9.17, 15) is 4.79 Å². The van der Waals surface area contributed by atoms with Crippen molar-refractivity contribution in [2.75, 3.05) is 6.61 Å². The van der Waals surface area contributed by atoms with Crippen LogP contribution >= 0.6 is 0 Å². The molecule has 0 aliphatic heterocycles. The predicted octanol–water partition coefficient (Wildman–Crippen LogP) is 3.68. The topological polar surface area (TPSA) is 39.2 Å². The van der Waals surface area contributed by atoms with Crippen LogP contribution in [0, 0.1) is 12.8 Å². The molecule has 0 spiro atoms. The Labute approximate surface area is 119 Å². The van der Waals surface area contributed by atoms with E-state index in [4.69, 9.17) is 4.74 Å². The summed E-state index contributed by atoms with van der Waals surface area (Å²) in [5.74, 6) is 1.14. The molecule has 1 aromatic heterocycles.